The van der Waals surface area contributed by atoms with E-state index in [2.05, 4.69) is 25.1 Å². The average Bonchev–Trinajstić information content (AvgIpc) is 3.40. The lowest BCUT2D eigenvalue weighted by molar-refractivity contribution is -0.138. The Labute approximate surface area is 182 Å². The van der Waals surface area contributed by atoms with Crippen LogP contribution >= 0.6 is 0 Å². The first kappa shape index (κ1) is 20.5. The number of hydrogen-bond acceptors (Lipinski definition) is 5. The first-order chi connectivity index (χ1) is 15.3. The maximum absolute atomic E-state index is 13.3. The normalized spacial score (nSPS) is 15.6. The fourth-order valence-corrected chi connectivity index (χ4v) is 4.44. The monoisotopic (exact) mass is 441 g/mol. The van der Waals surface area contributed by atoms with Gasteiger partial charge < -0.3 is 9.47 Å². The zero-order valence-electron chi connectivity index (χ0n) is 17.7. The summed E-state index contributed by atoms with van der Waals surface area (Å²) in [6.45, 7) is 3.07. The summed E-state index contributed by atoms with van der Waals surface area (Å²) in [5, 5.41) is 7.81. The third-order valence-corrected chi connectivity index (χ3v) is 6.14. The van der Waals surface area contributed by atoms with Crippen LogP contribution in [-0.4, -0.2) is 42.8 Å². The van der Waals surface area contributed by atoms with E-state index in [4.69, 9.17) is 4.98 Å². The van der Waals surface area contributed by atoms with E-state index in [-0.39, 0.29) is 11.5 Å². The molecule has 0 radical (unpaired) electrons. The fraction of sp³-hybridized carbons (Fsp3) is 0.364. The molecule has 3 aromatic heterocycles. The second-order valence-corrected chi connectivity index (χ2v) is 8.21. The number of fused-ring (bicyclic) bond motifs is 1. The number of piperidine rings is 1. The van der Waals surface area contributed by atoms with Crippen LogP contribution in [0.3, 0.4) is 0 Å². The molecule has 0 unspecified atom stereocenters. The van der Waals surface area contributed by atoms with Gasteiger partial charge in [0.2, 0.25) is 0 Å². The van der Waals surface area contributed by atoms with Gasteiger partial charge in [0.25, 0.3) is 0 Å². The lowest BCUT2D eigenvalue weighted by Crippen LogP contribution is -2.34. The number of nitrogens with one attached hydrogen (secondary N) is 1. The minimum absolute atomic E-state index is 0.209. The topological polar surface area (TPSA) is 75.5 Å². The predicted molar refractivity (Wildman–Crippen MR) is 114 cm³/mol. The van der Waals surface area contributed by atoms with E-state index in [9.17, 15) is 13.2 Å². The van der Waals surface area contributed by atoms with E-state index in [1.54, 1.807) is 12.3 Å². The Morgan fingerprint density at radius 1 is 1.12 bits per heavy atom. The molecule has 10 heteroatoms. The van der Waals surface area contributed by atoms with Crippen molar-refractivity contribution in [3.05, 3.63) is 53.9 Å². The van der Waals surface area contributed by atoms with Gasteiger partial charge in [-0.15, -0.1) is 0 Å². The molecule has 0 amide bonds. The highest BCUT2D eigenvalue weighted by Crippen LogP contribution is 2.36. The number of rotatable bonds is 3. The van der Waals surface area contributed by atoms with Crippen LogP contribution in [0.15, 0.2) is 36.9 Å². The maximum Gasteiger partial charge on any atom is 0.416 e. The van der Waals surface area contributed by atoms with Gasteiger partial charge in [0.05, 0.1) is 22.8 Å². The second kappa shape index (κ2) is 7.61. The van der Waals surface area contributed by atoms with Gasteiger partial charge in [-0.05, 0) is 31.4 Å². The average molecular weight is 441 g/mol. The number of halogens is 3. The number of aromatic nitrogens is 6. The van der Waals surface area contributed by atoms with Gasteiger partial charge >= 0.3 is 6.18 Å². The van der Waals surface area contributed by atoms with E-state index in [0.29, 0.717) is 16.9 Å². The van der Waals surface area contributed by atoms with Gasteiger partial charge in [-0.2, -0.15) is 18.3 Å². The molecule has 1 aliphatic rings. The van der Waals surface area contributed by atoms with Crippen molar-refractivity contribution in [2.75, 3.05) is 18.0 Å². The molecule has 1 saturated heterocycles. The molecule has 166 valence electrons. The molecular formula is C22H22F3N7. The Balaban J connectivity index is 1.36. The van der Waals surface area contributed by atoms with Crippen molar-refractivity contribution in [1.29, 1.82) is 0 Å². The van der Waals surface area contributed by atoms with E-state index in [1.807, 2.05) is 17.8 Å². The Hall–Kier alpha value is -3.43. The molecule has 0 saturated carbocycles. The maximum atomic E-state index is 13.3. The predicted octanol–water partition coefficient (Wildman–Crippen LogP) is 4.46. The molecule has 0 bridgehead atoms. The van der Waals surface area contributed by atoms with Gasteiger partial charge in [-0.1, -0.05) is 12.1 Å². The van der Waals surface area contributed by atoms with E-state index >= 15 is 0 Å². The summed E-state index contributed by atoms with van der Waals surface area (Å²) in [6, 6.07) is 4.39. The van der Waals surface area contributed by atoms with Crippen molar-refractivity contribution in [2.45, 2.75) is 31.9 Å². The Morgan fingerprint density at radius 3 is 2.66 bits per heavy atom. The Morgan fingerprint density at radius 2 is 1.91 bits per heavy atom. The molecule has 0 spiro atoms. The molecule has 0 aliphatic carbocycles. The first-order valence-electron chi connectivity index (χ1n) is 10.4. The SMILES string of the molecule is Cc1ccc(-c2cn(C)c(C3CCN(c4ncnc5[nH]ncc45)CC3)n2)cc1C(F)(F)F. The molecule has 1 aromatic carbocycles. The highest BCUT2D eigenvalue weighted by atomic mass is 19.4. The fourth-order valence-electron chi connectivity index (χ4n) is 4.44. The van der Waals surface area contributed by atoms with Crippen LogP contribution in [0.25, 0.3) is 22.3 Å². The number of anilines is 1. The van der Waals surface area contributed by atoms with Crippen LogP contribution in [0.2, 0.25) is 0 Å². The number of hydrogen-bond donors (Lipinski definition) is 1. The van der Waals surface area contributed by atoms with Crippen molar-refractivity contribution in [2.24, 2.45) is 7.05 Å². The number of aryl methyl sites for hydroxylation is 2. The Bertz CT molecular complexity index is 1270. The van der Waals surface area contributed by atoms with Crippen molar-refractivity contribution < 1.29 is 13.2 Å². The molecule has 1 N–H and O–H groups in total. The lowest BCUT2D eigenvalue weighted by Gasteiger charge is -2.32. The summed E-state index contributed by atoms with van der Waals surface area (Å²) < 4.78 is 41.9. The standard InChI is InChI=1S/C22H22F3N7/c1-13-3-4-15(9-17(13)22(23,24)25)18-11-31(2)20(29-18)14-5-7-32(8-6-14)21-16-10-28-30-19(16)26-12-27-21/h3-4,9-12,14H,5-8H2,1-2H3,(H,26,27,28,30). The molecule has 1 aliphatic heterocycles. The van der Waals surface area contributed by atoms with Gasteiger partial charge in [0.1, 0.15) is 18.0 Å². The summed E-state index contributed by atoms with van der Waals surface area (Å²) in [6.07, 6.45) is 2.44. The molecule has 7 nitrogen and oxygen atoms in total. The molecule has 0 atom stereocenters. The van der Waals surface area contributed by atoms with Gasteiger partial charge in [-0.3, -0.25) is 5.10 Å². The van der Waals surface area contributed by atoms with Crippen molar-refractivity contribution in [1.82, 2.24) is 29.7 Å². The number of nitrogens with zero attached hydrogens (tertiary/aromatic N) is 6. The Kier molecular flexibility index (Phi) is 4.87. The summed E-state index contributed by atoms with van der Waals surface area (Å²) in [7, 11) is 1.90. The van der Waals surface area contributed by atoms with Crippen LogP contribution < -0.4 is 4.90 Å². The second-order valence-electron chi connectivity index (χ2n) is 8.21. The summed E-state index contributed by atoms with van der Waals surface area (Å²) >= 11 is 0. The minimum Gasteiger partial charge on any atom is -0.356 e. The molecule has 4 heterocycles. The third kappa shape index (κ3) is 3.59. The largest absolute Gasteiger partial charge is 0.416 e. The first-order valence-corrected chi connectivity index (χ1v) is 10.4. The van der Waals surface area contributed by atoms with E-state index in [1.165, 1.54) is 25.4 Å². The van der Waals surface area contributed by atoms with Crippen molar-refractivity contribution in [3.63, 3.8) is 0 Å². The molecule has 4 aromatic rings. The zero-order chi connectivity index (χ0) is 22.5. The zero-order valence-corrected chi connectivity index (χ0v) is 17.7. The molecule has 32 heavy (non-hydrogen) atoms. The quantitative estimate of drug-likeness (QED) is 0.508. The van der Waals surface area contributed by atoms with Crippen molar-refractivity contribution >= 4 is 16.9 Å². The number of H-pyrrole nitrogens is 1. The smallest absolute Gasteiger partial charge is 0.356 e. The molecule has 1 fully saturated rings. The van der Waals surface area contributed by atoms with Gasteiger partial charge in [0.15, 0.2) is 5.65 Å². The number of benzene rings is 1. The number of alkyl halides is 3. The highest BCUT2D eigenvalue weighted by molar-refractivity contribution is 5.86. The number of aromatic amines is 1. The number of imidazole rings is 1. The summed E-state index contributed by atoms with van der Waals surface area (Å²) in [4.78, 5) is 15.6. The molecule has 5 rings (SSSR count). The molecular weight excluding hydrogens is 419 g/mol. The van der Waals surface area contributed by atoms with E-state index in [0.717, 1.165) is 43.0 Å². The van der Waals surface area contributed by atoms with Gasteiger partial charge in [0, 0.05) is 37.8 Å². The van der Waals surface area contributed by atoms with Gasteiger partial charge in [-0.25, -0.2) is 15.0 Å². The van der Waals surface area contributed by atoms with Crippen molar-refractivity contribution in [3.8, 4) is 11.3 Å². The van der Waals surface area contributed by atoms with Crippen LogP contribution in [0.1, 0.15) is 35.7 Å². The van der Waals surface area contributed by atoms with Crippen LogP contribution in [0.4, 0.5) is 19.0 Å². The lowest BCUT2D eigenvalue weighted by atomic mass is 9.96. The van der Waals surface area contributed by atoms with Crippen LogP contribution in [0.5, 0.6) is 0 Å². The van der Waals surface area contributed by atoms with Crippen LogP contribution in [0, 0.1) is 6.92 Å². The summed E-state index contributed by atoms with van der Waals surface area (Å²) in [5.41, 5.74) is 1.34. The third-order valence-electron chi connectivity index (χ3n) is 6.14. The van der Waals surface area contributed by atoms with Crippen LogP contribution in [-0.2, 0) is 13.2 Å². The van der Waals surface area contributed by atoms with E-state index < -0.39 is 11.7 Å². The summed E-state index contributed by atoms with van der Waals surface area (Å²) in [5.74, 6) is 1.98. The highest BCUT2D eigenvalue weighted by Gasteiger charge is 2.33. The minimum atomic E-state index is -4.38.